The average molecular weight is 263 g/mol. The first-order chi connectivity index (χ1) is 9.06. The number of hydrogen-bond acceptors (Lipinski definition) is 2. The largest absolute Gasteiger partial charge is 0.336 e. The minimum absolute atomic E-state index is 0.133. The van der Waals surface area contributed by atoms with Gasteiger partial charge >= 0.3 is 0 Å². The zero-order chi connectivity index (χ0) is 13.6. The number of halogens is 3. The van der Waals surface area contributed by atoms with Crippen molar-refractivity contribution >= 4 is 11.2 Å². The lowest BCUT2D eigenvalue weighted by atomic mass is 10.2. The predicted octanol–water partition coefficient (Wildman–Crippen LogP) is 3.35. The van der Waals surface area contributed by atoms with Crippen LogP contribution in [0.25, 0.3) is 22.6 Å². The van der Waals surface area contributed by atoms with Crippen molar-refractivity contribution in [1.29, 1.82) is 0 Å². The summed E-state index contributed by atoms with van der Waals surface area (Å²) in [5, 5.41) is 0. The summed E-state index contributed by atoms with van der Waals surface area (Å²) in [5.41, 5.74) is 2.17. The van der Waals surface area contributed by atoms with Crippen LogP contribution in [0, 0.1) is 24.4 Å². The van der Waals surface area contributed by atoms with Gasteiger partial charge in [0.05, 0.1) is 5.52 Å². The number of rotatable bonds is 1. The van der Waals surface area contributed by atoms with E-state index in [1.165, 1.54) is 0 Å². The first-order valence-corrected chi connectivity index (χ1v) is 5.52. The number of aromatic nitrogens is 3. The first-order valence-electron chi connectivity index (χ1n) is 5.52. The van der Waals surface area contributed by atoms with E-state index in [0.717, 1.165) is 17.7 Å². The Labute approximate surface area is 106 Å². The number of aryl methyl sites for hydroxylation is 1. The van der Waals surface area contributed by atoms with Crippen molar-refractivity contribution in [2.24, 2.45) is 0 Å². The minimum atomic E-state index is -1.49. The molecule has 0 spiro atoms. The maximum absolute atomic E-state index is 13.2. The van der Waals surface area contributed by atoms with E-state index >= 15 is 0 Å². The third-order valence-corrected chi connectivity index (χ3v) is 2.86. The summed E-state index contributed by atoms with van der Waals surface area (Å²) < 4.78 is 39.3. The van der Waals surface area contributed by atoms with Gasteiger partial charge < -0.3 is 4.98 Å². The standard InChI is InChI=1S/C13H8F3N3/c1-6-2-3-17-13-11(6)18-12(19-13)7-4-8(14)10(16)9(15)5-7/h2-5H,1H3,(H,17,18,19). The van der Waals surface area contributed by atoms with Gasteiger partial charge in [0.25, 0.3) is 0 Å². The molecule has 0 aliphatic rings. The van der Waals surface area contributed by atoms with E-state index in [1.54, 1.807) is 12.3 Å². The van der Waals surface area contributed by atoms with Crippen molar-refractivity contribution in [2.45, 2.75) is 6.92 Å². The van der Waals surface area contributed by atoms with Crippen LogP contribution in [0.3, 0.4) is 0 Å². The molecule has 0 saturated carbocycles. The van der Waals surface area contributed by atoms with Gasteiger partial charge in [-0.1, -0.05) is 0 Å². The molecule has 2 aromatic heterocycles. The van der Waals surface area contributed by atoms with E-state index in [-0.39, 0.29) is 11.4 Å². The monoisotopic (exact) mass is 263 g/mol. The molecule has 0 aliphatic carbocycles. The van der Waals surface area contributed by atoms with Crippen LogP contribution < -0.4 is 0 Å². The molecule has 3 aromatic rings. The summed E-state index contributed by atoms with van der Waals surface area (Å²) in [4.78, 5) is 11.1. The Bertz CT molecular complexity index is 757. The summed E-state index contributed by atoms with van der Waals surface area (Å²) in [5.74, 6) is -3.75. The van der Waals surface area contributed by atoms with Crippen LogP contribution >= 0.6 is 0 Å². The van der Waals surface area contributed by atoms with Crippen molar-refractivity contribution in [1.82, 2.24) is 15.0 Å². The van der Waals surface area contributed by atoms with Crippen molar-refractivity contribution in [3.63, 3.8) is 0 Å². The van der Waals surface area contributed by atoms with Gasteiger partial charge in [0.1, 0.15) is 5.82 Å². The van der Waals surface area contributed by atoms with E-state index in [0.29, 0.717) is 11.2 Å². The second kappa shape index (κ2) is 4.08. The molecule has 0 fully saturated rings. The van der Waals surface area contributed by atoms with Crippen molar-refractivity contribution < 1.29 is 13.2 Å². The highest BCUT2D eigenvalue weighted by Crippen LogP contribution is 2.24. The fourth-order valence-electron chi connectivity index (χ4n) is 1.86. The molecule has 0 saturated heterocycles. The van der Waals surface area contributed by atoms with Crippen LogP contribution in [-0.4, -0.2) is 15.0 Å². The van der Waals surface area contributed by atoms with Crippen LogP contribution in [0.4, 0.5) is 13.2 Å². The third kappa shape index (κ3) is 1.85. The number of nitrogens with one attached hydrogen (secondary N) is 1. The van der Waals surface area contributed by atoms with Crippen molar-refractivity contribution in [3.05, 3.63) is 47.4 Å². The quantitative estimate of drug-likeness (QED) is 0.684. The van der Waals surface area contributed by atoms with E-state index in [4.69, 9.17) is 0 Å². The Morgan fingerprint density at radius 2 is 1.79 bits per heavy atom. The van der Waals surface area contributed by atoms with Crippen molar-refractivity contribution in [3.8, 4) is 11.4 Å². The second-order valence-electron chi connectivity index (χ2n) is 4.17. The van der Waals surface area contributed by atoms with Gasteiger partial charge in [0, 0.05) is 11.8 Å². The highest BCUT2D eigenvalue weighted by atomic mass is 19.2. The second-order valence-corrected chi connectivity index (χ2v) is 4.17. The molecule has 0 amide bonds. The summed E-state index contributed by atoms with van der Waals surface area (Å²) in [6.45, 7) is 1.86. The molecule has 3 nitrogen and oxygen atoms in total. The number of nitrogens with zero attached hydrogens (tertiary/aromatic N) is 2. The number of pyridine rings is 1. The molecule has 0 unspecified atom stereocenters. The smallest absolute Gasteiger partial charge is 0.194 e. The number of benzene rings is 1. The van der Waals surface area contributed by atoms with Crippen LogP contribution in [0.5, 0.6) is 0 Å². The molecule has 0 aliphatic heterocycles. The fourth-order valence-corrected chi connectivity index (χ4v) is 1.86. The Morgan fingerprint density at radius 3 is 2.42 bits per heavy atom. The van der Waals surface area contributed by atoms with E-state index in [1.807, 2.05) is 6.92 Å². The normalized spacial score (nSPS) is 11.2. The van der Waals surface area contributed by atoms with Crippen LogP contribution in [0.2, 0.25) is 0 Å². The highest BCUT2D eigenvalue weighted by Gasteiger charge is 2.14. The van der Waals surface area contributed by atoms with E-state index < -0.39 is 17.5 Å². The lowest BCUT2D eigenvalue weighted by Gasteiger charge is -1.99. The lowest BCUT2D eigenvalue weighted by Crippen LogP contribution is -1.92. The lowest BCUT2D eigenvalue weighted by molar-refractivity contribution is 0.447. The Morgan fingerprint density at radius 1 is 1.11 bits per heavy atom. The number of fused-ring (bicyclic) bond motifs is 1. The molecule has 0 radical (unpaired) electrons. The maximum atomic E-state index is 13.2. The van der Waals surface area contributed by atoms with Gasteiger partial charge in [-0.15, -0.1) is 0 Å². The van der Waals surface area contributed by atoms with Gasteiger partial charge in [-0.05, 0) is 30.7 Å². The summed E-state index contributed by atoms with van der Waals surface area (Å²) in [6, 6.07) is 3.58. The molecule has 19 heavy (non-hydrogen) atoms. The molecule has 1 aromatic carbocycles. The van der Waals surface area contributed by atoms with Gasteiger partial charge in [0.2, 0.25) is 0 Å². The van der Waals surface area contributed by atoms with Crippen LogP contribution in [0.1, 0.15) is 5.56 Å². The number of hydrogen-bond donors (Lipinski definition) is 1. The summed E-state index contributed by atoms with van der Waals surface area (Å²) in [6.07, 6.45) is 1.59. The van der Waals surface area contributed by atoms with Crippen LogP contribution in [0.15, 0.2) is 24.4 Å². The molecular formula is C13H8F3N3. The highest BCUT2D eigenvalue weighted by molar-refractivity contribution is 5.78. The first kappa shape index (κ1) is 11.7. The van der Waals surface area contributed by atoms with Gasteiger partial charge in [0.15, 0.2) is 23.1 Å². The molecule has 6 heteroatoms. The molecule has 1 N–H and O–H groups in total. The fraction of sp³-hybridized carbons (Fsp3) is 0.0769. The molecule has 96 valence electrons. The molecule has 2 heterocycles. The summed E-state index contributed by atoms with van der Waals surface area (Å²) in [7, 11) is 0. The van der Waals surface area contributed by atoms with E-state index in [2.05, 4.69) is 15.0 Å². The van der Waals surface area contributed by atoms with Crippen LogP contribution in [-0.2, 0) is 0 Å². The number of H-pyrrole nitrogens is 1. The summed E-state index contributed by atoms with van der Waals surface area (Å²) >= 11 is 0. The third-order valence-electron chi connectivity index (χ3n) is 2.86. The molecule has 3 rings (SSSR count). The molecule has 0 atom stereocenters. The topological polar surface area (TPSA) is 41.6 Å². The Balaban J connectivity index is 2.22. The average Bonchev–Trinajstić information content (AvgIpc) is 2.81. The number of aromatic amines is 1. The minimum Gasteiger partial charge on any atom is -0.336 e. The Kier molecular flexibility index (Phi) is 2.51. The van der Waals surface area contributed by atoms with Gasteiger partial charge in [-0.2, -0.15) is 0 Å². The van der Waals surface area contributed by atoms with Crippen molar-refractivity contribution in [2.75, 3.05) is 0 Å². The maximum Gasteiger partial charge on any atom is 0.194 e. The zero-order valence-electron chi connectivity index (χ0n) is 9.84. The SMILES string of the molecule is Cc1ccnc2nc(-c3cc(F)c(F)c(F)c3)[nH]c12. The number of imidazole rings is 1. The van der Waals surface area contributed by atoms with Gasteiger partial charge in [-0.25, -0.2) is 23.1 Å². The molecular weight excluding hydrogens is 255 g/mol. The molecule has 0 bridgehead atoms. The Hall–Kier alpha value is -2.37. The van der Waals surface area contributed by atoms with Gasteiger partial charge in [-0.3, -0.25) is 0 Å². The van der Waals surface area contributed by atoms with E-state index in [9.17, 15) is 13.2 Å². The predicted molar refractivity (Wildman–Crippen MR) is 63.9 cm³/mol. The zero-order valence-corrected chi connectivity index (χ0v) is 9.84.